The summed E-state index contributed by atoms with van der Waals surface area (Å²) in [4.78, 5) is 12.0. The predicted molar refractivity (Wildman–Crippen MR) is 77.7 cm³/mol. The van der Waals surface area contributed by atoms with Crippen molar-refractivity contribution < 1.29 is 9.53 Å². The highest BCUT2D eigenvalue weighted by molar-refractivity contribution is 5.85. The van der Waals surface area contributed by atoms with Gasteiger partial charge < -0.3 is 15.8 Å². The number of benzene rings is 1. The molecule has 106 valence electrons. The van der Waals surface area contributed by atoms with Crippen LogP contribution in [0, 0.1) is 5.92 Å². The van der Waals surface area contributed by atoms with Crippen molar-refractivity contribution in [2.45, 2.75) is 25.3 Å². The molecule has 0 aromatic heterocycles. The molecule has 1 saturated carbocycles. The first-order valence-electron chi connectivity index (χ1n) is 6.36. The molecule has 1 atom stereocenters. The van der Waals surface area contributed by atoms with Gasteiger partial charge in [-0.3, -0.25) is 4.79 Å². The van der Waals surface area contributed by atoms with Crippen LogP contribution in [-0.4, -0.2) is 25.6 Å². The van der Waals surface area contributed by atoms with Crippen LogP contribution in [-0.2, 0) is 11.2 Å². The zero-order valence-corrected chi connectivity index (χ0v) is 11.9. The van der Waals surface area contributed by atoms with Gasteiger partial charge in [0.1, 0.15) is 5.75 Å². The van der Waals surface area contributed by atoms with Gasteiger partial charge in [0.2, 0.25) is 5.91 Å². The molecule has 0 radical (unpaired) electrons. The summed E-state index contributed by atoms with van der Waals surface area (Å²) in [5.74, 6) is 1.35. The summed E-state index contributed by atoms with van der Waals surface area (Å²) < 4.78 is 5.23. The molecule has 3 N–H and O–H groups in total. The van der Waals surface area contributed by atoms with Gasteiger partial charge in [0.25, 0.3) is 0 Å². The van der Waals surface area contributed by atoms with Gasteiger partial charge in [0.05, 0.1) is 13.5 Å². The van der Waals surface area contributed by atoms with Gasteiger partial charge in [0.15, 0.2) is 0 Å². The van der Waals surface area contributed by atoms with E-state index in [4.69, 9.17) is 10.5 Å². The zero-order chi connectivity index (χ0) is 13.0. The van der Waals surface area contributed by atoms with Gasteiger partial charge in [-0.1, -0.05) is 18.2 Å². The highest BCUT2D eigenvalue weighted by Gasteiger charge is 2.31. The maximum Gasteiger partial charge on any atom is 0.224 e. The van der Waals surface area contributed by atoms with Gasteiger partial charge in [0, 0.05) is 18.2 Å². The molecule has 1 amide bonds. The van der Waals surface area contributed by atoms with Crippen LogP contribution < -0.4 is 15.8 Å². The Morgan fingerprint density at radius 1 is 1.47 bits per heavy atom. The molecule has 1 unspecified atom stereocenters. The van der Waals surface area contributed by atoms with Crippen LogP contribution >= 0.6 is 12.4 Å². The Balaban J connectivity index is 0.00000180. The van der Waals surface area contributed by atoms with Crippen molar-refractivity contribution >= 4 is 18.3 Å². The molecule has 19 heavy (non-hydrogen) atoms. The molecule has 5 heteroatoms. The third-order valence-electron chi connectivity index (χ3n) is 3.33. The van der Waals surface area contributed by atoms with E-state index in [1.807, 2.05) is 24.3 Å². The average molecular weight is 285 g/mol. The second kappa shape index (κ2) is 7.36. The lowest BCUT2D eigenvalue weighted by molar-refractivity contribution is -0.121. The number of nitrogens with two attached hydrogens (primary N) is 1. The molecule has 0 aliphatic heterocycles. The SMILES string of the molecule is COc1ccccc1CC(=O)NC(CN)C1CC1.Cl. The number of nitrogens with one attached hydrogen (secondary N) is 1. The number of rotatable bonds is 6. The van der Waals surface area contributed by atoms with E-state index in [1.54, 1.807) is 7.11 Å². The molecular weight excluding hydrogens is 264 g/mol. The summed E-state index contributed by atoms with van der Waals surface area (Å²) in [6.07, 6.45) is 2.70. The molecule has 1 aromatic rings. The molecule has 1 aliphatic rings. The first-order valence-corrected chi connectivity index (χ1v) is 6.36. The summed E-state index contributed by atoms with van der Waals surface area (Å²) in [5, 5.41) is 3.01. The van der Waals surface area contributed by atoms with Crippen molar-refractivity contribution in [2.24, 2.45) is 11.7 Å². The molecule has 0 spiro atoms. The average Bonchev–Trinajstić information content (AvgIpc) is 3.21. The summed E-state index contributed by atoms with van der Waals surface area (Å²) in [6.45, 7) is 0.516. The Morgan fingerprint density at radius 2 is 2.16 bits per heavy atom. The Hall–Kier alpha value is -1.26. The van der Waals surface area contributed by atoms with E-state index in [-0.39, 0.29) is 24.4 Å². The third kappa shape index (κ3) is 4.40. The first-order chi connectivity index (χ1) is 8.74. The lowest BCUT2D eigenvalue weighted by Crippen LogP contribution is -2.42. The van der Waals surface area contributed by atoms with E-state index in [0.717, 1.165) is 11.3 Å². The summed E-state index contributed by atoms with van der Waals surface area (Å²) in [7, 11) is 1.61. The summed E-state index contributed by atoms with van der Waals surface area (Å²) >= 11 is 0. The van der Waals surface area contributed by atoms with Crippen molar-refractivity contribution in [3.8, 4) is 5.75 Å². The molecule has 2 rings (SSSR count). The molecular formula is C14H21ClN2O2. The first kappa shape index (κ1) is 15.8. The molecule has 0 bridgehead atoms. The Labute approximate surface area is 120 Å². The second-order valence-corrected chi connectivity index (χ2v) is 4.74. The number of hydrogen-bond acceptors (Lipinski definition) is 3. The van der Waals surface area contributed by atoms with Crippen LogP contribution in [0.1, 0.15) is 18.4 Å². The van der Waals surface area contributed by atoms with E-state index in [1.165, 1.54) is 12.8 Å². The van der Waals surface area contributed by atoms with Crippen LogP contribution in [0.5, 0.6) is 5.75 Å². The van der Waals surface area contributed by atoms with Gasteiger partial charge >= 0.3 is 0 Å². The smallest absolute Gasteiger partial charge is 0.224 e. The van der Waals surface area contributed by atoms with Crippen LogP contribution in [0.25, 0.3) is 0 Å². The van der Waals surface area contributed by atoms with E-state index in [9.17, 15) is 4.79 Å². The fourth-order valence-corrected chi connectivity index (χ4v) is 2.15. The van der Waals surface area contributed by atoms with E-state index in [0.29, 0.717) is 18.9 Å². The number of amides is 1. The maximum atomic E-state index is 12.0. The Morgan fingerprint density at radius 3 is 2.74 bits per heavy atom. The number of methoxy groups -OCH3 is 1. The van der Waals surface area contributed by atoms with Crippen LogP contribution in [0.3, 0.4) is 0 Å². The molecule has 4 nitrogen and oxygen atoms in total. The van der Waals surface area contributed by atoms with Gasteiger partial charge in [-0.05, 0) is 24.8 Å². The fraction of sp³-hybridized carbons (Fsp3) is 0.500. The van der Waals surface area contributed by atoms with Gasteiger partial charge in [-0.25, -0.2) is 0 Å². The molecule has 0 heterocycles. The van der Waals surface area contributed by atoms with Crippen LogP contribution in [0.4, 0.5) is 0 Å². The standard InChI is InChI=1S/C14H20N2O2.ClH/c1-18-13-5-3-2-4-11(13)8-14(17)16-12(9-15)10-6-7-10;/h2-5,10,12H,6-9,15H2,1H3,(H,16,17);1H. The quantitative estimate of drug-likeness (QED) is 0.832. The van der Waals surface area contributed by atoms with E-state index in [2.05, 4.69) is 5.32 Å². The minimum atomic E-state index is 0. The van der Waals surface area contributed by atoms with Gasteiger partial charge in [-0.2, -0.15) is 0 Å². The minimum Gasteiger partial charge on any atom is -0.496 e. The monoisotopic (exact) mass is 284 g/mol. The molecule has 1 fully saturated rings. The van der Waals surface area contributed by atoms with E-state index < -0.39 is 0 Å². The van der Waals surface area contributed by atoms with Gasteiger partial charge in [-0.15, -0.1) is 12.4 Å². The number of halogens is 1. The maximum absolute atomic E-state index is 12.0. The van der Waals surface area contributed by atoms with Crippen molar-refractivity contribution in [2.75, 3.05) is 13.7 Å². The lowest BCUT2D eigenvalue weighted by Gasteiger charge is -2.16. The topological polar surface area (TPSA) is 64.3 Å². The minimum absolute atomic E-state index is 0. The van der Waals surface area contributed by atoms with Crippen molar-refractivity contribution in [1.82, 2.24) is 5.32 Å². The predicted octanol–water partition coefficient (Wildman–Crippen LogP) is 1.51. The normalized spacial score (nSPS) is 15.3. The van der Waals surface area contributed by atoms with E-state index >= 15 is 0 Å². The number of carbonyl (C=O) groups is 1. The van der Waals surface area contributed by atoms with Crippen molar-refractivity contribution in [3.05, 3.63) is 29.8 Å². The fourth-order valence-electron chi connectivity index (χ4n) is 2.15. The highest BCUT2D eigenvalue weighted by atomic mass is 35.5. The molecule has 1 aliphatic carbocycles. The van der Waals surface area contributed by atoms with Crippen LogP contribution in [0.2, 0.25) is 0 Å². The lowest BCUT2D eigenvalue weighted by atomic mass is 10.1. The molecule has 1 aromatic carbocycles. The summed E-state index contributed by atoms with van der Waals surface area (Å²) in [5.41, 5.74) is 6.58. The zero-order valence-electron chi connectivity index (χ0n) is 11.1. The van der Waals surface area contributed by atoms with Crippen molar-refractivity contribution in [1.29, 1.82) is 0 Å². The van der Waals surface area contributed by atoms with Crippen molar-refractivity contribution in [3.63, 3.8) is 0 Å². The second-order valence-electron chi connectivity index (χ2n) is 4.74. The molecule has 0 saturated heterocycles. The number of carbonyl (C=O) groups excluding carboxylic acids is 1. The number of hydrogen-bond donors (Lipinski definition) is 2. The van der Waals surface area contributed by atoms with Crippen LogP contribution in [0.15, 0.2) is 24.3 Å². The number of para-hydroxylation sites is 1. The number of ether oxygens (including phenoxy) is 1. The largest absolute Gasteiger partial charge is 0.496 e. The Kier molecular flexibility index (Phi) is 6.12. The highest BCUT2D eigenvalue weighted by Crippen LogP contribution is 2.32. The Bertz CT molecular complexity index is 422. The third-order valence-corrected chi connectivity index (χ3v) is 3.33. The summed E-state index contributed by atoms with van der Waals surface area (Å²) in [6, 6.07) is 7.71.